The second-order valence-electron chi connectivity index (χ2n) is 16.1. The Balaban J connectivity index is 2.58. The van der Waals surface area contributed by atoms with E-state index in [1.54, 1.807) is 12.2 Å². The summed E-state index contributed by atoms with van der Waals surface area (Å²) in [6.07, 6.45) is 32.3. The minimum absolute atomic E-state index is 0.0147. The van der Waals surface area contributed by atoms with E-state index in [-0.39, 0.29) is 19.3 Å². The summed E-state index contributed by atoms with van der Waals surface area (Å²) in [5, 5.41) is 60.5. The van der Waals surface area contributed by atoms with E-state index in [0.29, 0.717) is 12.8 Å². The lowest BCUT2D eigenvalue weighted by Gasteiger charge is -2.41. The third-order valence-corrected chi connectivity index (χ3v) is 11.3. The standard InChI is InChI=1S/C49H81O14P/c1-3-5-7-9-11-13-15-17-19-21-22-24-26-28-30-32-34-40(50)36-37-43(52)62-41(39-61-64(58,59)63-49-47(56)45(54)44(53)46(55)48(49)57)38-60-42(51)35-33-31-29-27-25-23-20-18-16-14-12-10-8-6-4-2/h5,7,11,13-14,16-17,19,22,24,28,30,32,34,40-41,44-50,53-57H,3-4,6,8-10,12,15,18,20-21,23,25-27,29,31,33,35-39H2,1-2H3,(H,58,59)/b7-5-,13-11-,16-14-,19-17-,24-22-,30-28-,34-32-/t40?,41-,44?,45-,46+,47-,48-,49?/m1/s1. The monoisotopic (exact) mass is 925 g/mol. The van der Waals surface area contributed by atoms with Crippen LogP contribution in [0.15, 0.2) is 85.1 Å². The maximum Gasteiger partial charge on any atom is 0.472 e. The van der Waals surface area contributed by atoms with Crippen molar-refractivity contribution in [1.82, 2.24) is 0 Å². The molecule has 0 amide bonds. The Morgan fingerprint density at radius 2 is 1.08 bits per heavy atom. The number of aliphatic hydroxyl groups excluding tert-OH is 6. The molecular formula is C49H81O14P. The first-order valence-electron chi connectivity index (χ1n) is 23.5. The second kappa shape index (κ2) is 38.1. The van der Waals surface area contributed by atoms with E-state index in [1.165, 1.54) is 31.8 Å². The number of phosphoric ester groups is 1. The first kappa shape index (κ1) is 59.0. The number of unbranched alkanes of at least 4 members (excludes halogenated alkanes) is 11. The van der Waals surface area contributed by atoms with E-state index in [0.717, 1.165) is 77.0 Å². The highest BCUT2D eigenvalue weighted by Crippen LogP contribution is 2.47. The molecular weight excluding hydrogens is 843 g/mol. The number of esters is 2. The summed E-state index contributed by atoms with van der Waals surface area (Å²) in [7, 11) is -5.19. The van der Waals surface area contributed by atoms with Gasteiger partial charge in [0.2, 0.25) is 0 Å². The number of phosphoric acid groups is 1. The van der Waals surface area contributed by atoms with Gasteiger partial charge in [-0.05, 0) is 70.6 Å². The molecule has 64 heavy (non-hydrogen) atoms. The minimum atomic E-state index is -5.19. The molecule has 0 heterocycles. The molecule has 14 nitrogen and oxygen atoms in total. The van der Waals surface area contributed by atoms with Gasteiger partial charge in [-0.1, -0.05) is 150 Å². The largest absolute Gasteiger partial charge is 0.472 e. The van der Waals surface area contributed by atoms with Gasteiger partial charge in [0.05, 0.1) is 12.7 Å². The molecule has 1 saturated carbocycles. The molecule has 1 aliphatic carbocycles. The molecule has 7 N–H and O–H groups in total. The number of ether oxygens (including phenoxy) is 2. The summed E-state index contributed by atoms with van der Waals surface area (Å²) in [5.74, 6) is -1.39. The molecule has 0 saturated heterocycles. The van der Waals surface area contributed by atoms with Crippen LogP contribution in [0.2, 0.25) is 0 Å². The molecule has 0 aromatic rings. The molecule has 4 unspecified atom stereocenters. The fourth-order valence-electron chi connectivity index (χ4n) is 6.51. The Hall–Kier alpha value is -3.01. The molecule has 15 heteroatoms. The SMILES string of the molecule is CC/C=C\C/C=C\C/C=C\C/C=C\C/C=C\C=C/C(O)CCC(=O)O[C@H](COC(=O)CCCCCCCCC/C=C\CCCCCC)COP(=O)(O)OC1[C@H](O)[C@H](O)C(O)[C@H](O)[C@H]1O. The van der Waals surface area contributed by atoms with Crippen LogP contribution < -0.4 is 0 Å². The van der Waals surface area contributed by atoms with Gasteiger partial charge in [-0.2, -0.15) is 0 Å². The zero-order valence-corrected chi connectivity index (χ0v) is 39.3. The van der Waals surface area contributed by atoms with Crippen LogP contribution in [0.25, 0.3) is 0 Å². The van der Waals surface area contributed by atoms with Crippen LogP contribution in [0.3, 0.4) is 0 Å². The van der Waals surface area contributed by atoms with E-state index in [2.05, 4.69) is 68.5 Å². The van der Waals surface area contributed by atoms with Crippen LogP contribution in [0, 0.1) is 0 Å². The van der Waals surface area contributed by atoms with Crippen LogP contribution in [0.4, 0.5) is 0 Å². The van der Waals surface area contributed by atoms with Crippen molar-refractivity contribution in [3.63, 3.8) is 0 Å². The second-order valence-corrected chi connectivity index (χ2v) is 17.5. The molecule has 0 radical (unpaired) electrons. The van der Waals surface area contributed by atoms with Crippen LogP contribution >= 0.6 is 7.82 Å². The lowest BCUT2D eigenvalue weighted by Crippen LogP contribution is -2.64. The number of rotatable bonds is 37. The summed E-state index contributed by atoms with van der Waals surface area (Å²) >= 11 is 0. The highest BCUT2D eigenvalue weighted by molar-refractivity contribution is 7.47. The van der Waals surface area contributed by atoms with Crippen LogP contribution in [0.5, 0.6) is 0 Å². The normalized spacial score (nSPS) is 22.8. The Kier molecular flexibility index (Phi) is 35.2. The Labute approximate surface area is 382 Å². The molecule has 0 bridgehead atoms. The Bertz CT molecular complexity index is 1460. The number of aliphatic hydroxyl groups is 6. The summed E-state index contributed by atoms with van der Waals surface area (Å²) in [6.45, 7) is 2.96. The maximum absolute atomic E-state index is 12.8. The van der Waals surface area contributed by atoms with Crippen molar-refractivity contribution in [3.8, 4) is 0 Å². The van der Waals surface area contributed by atoms with Gasteiger partial charge in [-0.25, -0.2) is 4.57 Å². The topological polar surface area (TPSA) is 230 Å². The molecule has 0 aromatic heterocycles. The van der Waals surface area contributed by atoms with Crippen molar-refractivity contribution in [2.45, 2.75) is 198 Å². The van der Waals surface area contributed by atoms with Gasteiger partial charge < -0.3 is 45.0 Å². The third kappa shape index (κ3) is 30.2. The van der Waals surface area contributed by atoms with E-state index in [9.17, 15) is 49.7 Å². The van der Waals surface area contributed by atoms with Crippen LogP contribution in [-0.2, 0) is 32.7 Å². The van der Waals surface area contributed by atoms with Crippen LogP contribution in [-0.4, -0.2) is 110 Å². The molecule has 366 valence electrons. The third-order valence-electron chi connectivity index (χ3n) is 10.3. The summed E-state index contributed by atoms with van der Waals surface area (Å²) in [5.41, 5.74) is 0. The van der Waals surface area contributed by atoms with Gasteiger partial charge >= 0.3 is 19.8 Å². The van der Waals surface area contributed by atoms with E-state index in [4.69, 9.17) is 18.5 Å². The minimum Gasteiger partial charge on any atom is -0.462 e. The number of carbonyl (C=O) groups excluding carboxylic acids is 2. The van der Waals surface area contributed by atoms with Crippen molar-refractivity contribution in [3.05, 3.63) is 85.1 Å². The smallest absolute Gasteiger partial charge is 0.462 e. The predicted octanol–water partition coefficient (Wildman–Crippen LogP) is 8.25. The molecule has 0 spiro atoms. The zero-order chi connectivity index (χ0) is 47.3. The Morgan fingerprint density at radius 1 is 0.578 bits per heavy atom. The summed E-state index contributed by atoms with van der Waals surface area (Å²) in [4.78, 5) is 35.7. The first-order valence-corrected chi connectivity index (χ1v) is 25.0. The number of hydrogen-bond donors (Lipinski definition) is 7. The van der Waals surface area contributed by atoms with Gasteiger partial charge in [0, 0.05) is 12.8 Å². The number of carbonyl (C=O) groups is 2. The van der Waals surface area contributed by atoms with Gasteiger partial charge in [-0.3, -0.25) is 18.6 Å². The van der Waals surface area contributed by atoms with Gasteiger partial charge in [0.25, 0.3) is 0 Å². The summed E-state index contributed by atoms with van der Waals surface area (Å²) in [6, 6.07) is 0. The zero-order valence-electron chi connectivity index (χ0n) is 38.4. The molecule has 0 aliphatic heterocycles. The highest BCUT2D eigenvalue weighted by atomic mass is 31.2. The van der Waals surface area contributed by atoms with Gasteiger partial charge in [0.15, 0.2) is 6.10 Å². The molecule has 9 atom stereocenters. The van der Waals surface area contributed by atoms with Gasteiger partial charge in [0.1, 0.15) is 43.2 Å². The quantitative estimate of drug-likeness (QED) is 0.0102. The first-order chi connectivity index (χ1) is 30.8. The average Bonchev–Trinajstić information content (AvgIpc) is 3.27. The van der Waals surface area contributed by atoms with Crippen molar-refractivity contribution in [2.75, 3.05) is 13.2 Å². The molecule has 1 aliphatic rings. The van der Waals surface area contributed by atoms with Crippen LogP contribution in [0.1, 0.15) is 149 Å². The predicted molar refractivity (Wildman–Crippen MR) is 250 cm³/mol. The molecule has 0 aromatic carbocycles. The lowest BCUT2D eigenvalue weighted by atomic mass is 9.85. The maximum atomic E-state index is 12.8. The highest BCUT2D eigenvalue weighted by Gasteiger charge is 2.51. The van der Waals surface area contributed by atoms with Crippen molar-refractivity contribution >= 4 is 19.8 Å². The molecule has 1 fully saturated rings. The fourth-order valence-corrected chi connectivity index (χ4v) is 7.48. The van der Waals surface area contributed by atoms with E-state index < -0.39 is 81.8 Å². The van der Waals surface area contributed by atoms with Crippen molar-refractivity contribution in [2.24, 2.45) is 0 Å². The average molecular weight is 925 g/mol. The number of hydrogen-bond acceptors (Lipinski definition) is 13. The van der Waals surface area contributed by atoms with Crippen molar-refractivity contribution < 1.29 is 68.2 Å². The van der Waals surface area contributed by atoms with Gasteiger partial charge in [-0.15, -0.1) is 0 Å². The van der Waals surface area contributed by atoms with Crippen molar-refractivity contribution in [1.29, 1.82) is 0 Å². The lowest BCUT2D eigenvalue weighted by molar-refractivity contribution is -0.220. The summed E-state index contributed by atoms with van der Waals surface area (Å²) < 4.78 is 33.3. The molecule has 1 rings (SSSR count). The Morgan fingerprint density at radius 3 is 1.64 bits per heavy atom. The number of allylic oxidation sites excluding steroid dienone is 13. The van der Waals surface area contributed by atoms with E-state index >= 15 is 0 Å². The van der Waals surface area contributed by atoms with E-state index in [1.807, 2.05) is 12.2 Å². The fraction of sp³-hybridized carbons (Fsp3) is 0.673.